The summed E-state index contributed by atoms with van der Waals surface area (Å²) in [7, 11) is 0. The number of carboxylic acid groups (broad SMARTS) is 1. The van der Waals surface area contributed by atoms with Crippen LogP contribution in [0.25, 0.3) is 0 Å². The Morgan fingerprint density at radius 2 is 1.57 bits per heavy atom. The van der Waals surface area contributed by atoms with Crippen molar-refractivity contribution >= 4 is 34.9 Å². The molecule has 4 N–H and O–H groups in total. The van der Waals surface area contributed by atoms with Crippen molar-refractivity contribution in [1.29, 1.82) is 0 Å². The SMILES string of the molecule is CC(=O)CCCOc1cc(C(N)=O)ccc1NC(=O)c1ccc([N+](=O)[O-])c(OCCCC(=O)O)c1. The smallest absolute Gasteiger partial charge is 0.310 e. The Morgan fingerprint density at radius 1 is 0.971 bits per heavy atom. The van der Waals surface area contributed by atoms with E-state index in [0.717, 1.165) is 6.07 Å². The average Bonchev–Trinajstić information content (AvgIpc) is 2.79. The van der Waals surface area contributed by atoms with Crippen LogP contribution in [-0.4, -0.2) is 46.8 Å². The lowest BCUT2D eigenvalue weighted by molar-refractivity contribution is -0.385. The molecule has 0 atom stereocenters. The fourth-order valence-corrected chi connectivity index (χ4v) is 2.92. The number of carbonyl (C=O) groups is 4. The molecule has 0 unspecified atom stereocenters. The number of anilines is 1. The number of hydrogen-bond acceptors (Lipinski definition) is 8. The van der Waals surface area contributed by atoms with Crippen LogP contribution in [0.1, 0.15) is 53.3 Å². The van der Waals surface area contributed by atoms with Gasteiger partial charge in [0.15, 0.2) is 5.75 Å². The first-order chi connectivity index (χ1) is 16.6. The summed E-state index contributed by atoms with van der Waals surface area (Å²) in [5.74, 6) is -2.40. The van der Waals surface area contributed by atoms with E-state index in [0.29, 0.717) is 12.8 Å². The molecule has 2 amide bonds. The molecule has 35 heavy (non-hydrogen) atoms. The largest absolute Gasteiger partial charge is 0.491 e. The van der Waals surface area contributed by atoms with E-state index < -0.39 is 22.7 Å². The molecule has 0 aliphatic heterocycles. The van der Waals surface area contributed by atoms with Crippen LogP contribution in [0.2, 0.25) is 0 Å². The summed E-state index contributed by atoms with van der Waals surface area (Å²) in [6.45, 7) is 1.51. The van der Waals surface area contributed by atoms with Gasteiger partial charge < -0.3 is 30.4 Å². The molecule has 12 heteroatoms. The number of primary amides is 1. The summed E-state index contributed by atoms with van der Waals surface area (Å²) >= 11 is 0. The number of hydrogen-bond donors (Lipinski definition) is 3. The number of nitrogens with zero attached hydrogens (tertiary/aromatic N) is 1. The van der Waals surface area contributed by atoms with Gasteiger partial charge in [-0.05, 0) is 44.0 Å². The zero-order chi connectivity index (χ0) is 26.0. The second-order valence-electron chi connectivity index (χ2n) is 7.47. The van der Waals surface area contributed by atoms with Gasteiger partial charge in [0.1, 0.15) is 11.5 Å². The van der Waals surface area contributed by atoms with Gasteiger partial charge >= 0.3 is 11.7 Å². The second-order valence-corrected chi connectivity index (χ2v) is 7.47. The van der Waals surface area contributed by atoms with Crippen molar-refractivity contribution in [3.8, 4) is 11.5 Å². The number of amides is 2. The van der Waals surface area contributed by atoms with Crippen LogP contribution in [0.3, 0.4) is 0 Å². The summed E-state index contributed by atoms with van der Waals surface area (Å²) in [5.41, 5.74) is 5.33. The number of nitrogens with two attached hydrogens (primary N) is 1. The zero-order valence-corrected chi connectivity index (χ0v) is 18.9. The average molecular weight is 487 g/mol. The molecule has 2 aromatic rings. The van der Waals surface area contributed by atoms with Crippen molar-refractivity contribution in [2.45, 2.75) is 32.6 Å². The molecule has 0 saturated heterocycles. The summed E-state index contributed by atoms with van der Waals surface area (Å²) in [6, 6.07) is 7.71. The number of ether oxygens (including phenoxy) is 2. The first-order valence-corrected chi connectivity index (χ1v) is 10.6. The quantitative estimate of drug-likeness (QED) is 0.204. The Bertz CT molecular complexity index is 1130. The molecule has 2 aromatic carbocycles. The Morgan fingerprint density at radius 3 is 2.17 bits per heavy atom. The Hall–Kier alpha value is -4.48. The molecule has 0 aromatic heterocycles. The van der Waals surface area contributed by atoms with Crippen molar-refractivity contribution in [3.05, 3.63) is 57.6 Å². The van der Waals surface area contributed by atoms with Crippen molar-refractivity contribution in [2.75, 3.05) is 18.5 Å². The van der Waals surface area contributed by atoms with Crippen molar-refractivity contribution in [2.24, 2.45) is 5.73 Å². The van der Waals surface area contributed by atoms with E-state index in [-0.39, 0.29) is 65.8 Å². The maximum absolute atomic E-state index is 12.9. The summed E-state index contributed by atoms with van der Waals surface area (Å²) in [6.07, 6.45) is 0.674. The fourth-order valence-electron chi connectivity index (χ4n) is 2.92. The monoisotopic (exact) mass is 487 g/mol. The summed E-state index contributed by atoms with van der Waals surface area (Å²) in [4.78, 5) is 56.7. The number of carbonyl (C=O) groups excluding carboxylic acids is 3. The molecule has 2 rings (SSSR count). The van der Waals surface area contributed by atoms with Gasteiger partial charge in [0.05, 0.1) is 23.8 Å². The number of ketones is 1. The summed E-state index contributed by atoms with van der Waals surface area (Å²) in [5, 5.41) is 22.6. The van der Waals surface area contributed by atoms with Crippen molar-refractivity contribution < 1.29 is 38.7 Å². The van der Waals surface area contributed by atoms with Gasteiger partial charge in [-0.1, -0.05) is 0 Å². The van der Waals surface area contributed by atoms with Gasteiger partial charge in [-0.15, -0.1) is 0 Å². The van der Waals surface area contributed by atoms with Gasteiger partial charge in [-0.25, -0.2) is 0 Å². The highest BCUT2D eigenvalue weighted by Crippen LogP contribution is 2.30. The van der Waals surface area contributed by atoms with Gasteiger partial charge in [0.2, 0.25) is 5.91 Å². The van der Waals surface area contributed by atoms with Gasteiger partial charge in [-0.2, -0.15) is 0 Å². The topological polar surface area (TPSA) is 188 Å². The molecule has 186 valence electrons. The third-order valence-electron chi connectivity index (χ3n) is 4.66. The molecule has 0 aliphatic carbocycles. The minimum absolute atomic E-state index is 0.00725. The maximum Gasteiger partial charge on any atom is 0.310 e. The Labute approximate surface area is 200 Å². The number of aliphatic carboxylic acids is 1. The standard InChI is InChI=1S/C23H25N3O9/c1-14(27)4-2-10-34-19-12-15(22(24)30)6-8-17(19)25-23(31)16-7-9-18(26(32)33)20(13-16)35-11-3-5-21(28)29/h6-9,12-13H,2-5,10-11H2,1H3,(H2,24,30)(H,25,31)(H,28,29). The highest BCUT2D eigenvalue weighted by Gasteiger charge is 2.20. The molecule has 0 bridgehead atoms. The number of nitro groups is 1. The number of Topliss-reactive ketones (excluding diaryl/α,β-unsaturated/α-hetero) is 1. The number of carboxylic acids is 1. The molecule has 0 radical (unpaired) electrons. The third-order valence-corrected chi connectivity index (χ3v) is 4.66. The summed E-state index contributed by atoms with van der Waals surface area (Å²) < 4.78 is 11.0. The van der Waals surface area contributed by atoms with E-state index in [1.54, 1.807) is 0 Å². The van der Waals surface area contributed by atoms with Crippen LogP contribution < -0.4 is 20.5 Å². The predicted molar refractivity (Wildman–Crippen MR) is 124 cm³/mol. The van der Waals surface area contributed by atoms with E-state index in [1.807, 2.05) is 0 Å². The van der Waals surface area contributed by atoms with Crippen LogP contribution in [0, 0.1) is 10.1 Å². The van der Waals surface area contributed by atoms with Crippen LogP contribution in [0.15, 0.2) is 36.4 Å². The molecule has 0 heterocycles. The predicted octanol–water partition coefficient (Wildman–Crippen LogP) is 2.94. The normalized spacial score (nSPS) is 10.3. The number of nitrogens with one attached hydrogen (secondary N) is 1. The highest BCUT2D eigenvalue weighted by atomic mass is 16.6. The van der Waals surface area contributed by atoms with Crippen molar-refractivity contribution in [1.82, 2.24) is 0 Å². The minimum atomic E-state index is -1.03. The number of nitro benzene ring substituents is 1. The second kappa shape index (κ2) is 12.7. The first kappa shape index (κ1) is 26.8. The molecule has 12 nitrogen and oxygen atoms in total. The third kappa shape index (κ3) is 8.42. The van der Waals surface area contributed by atoms with Crippen LogP contribution in [0.5, 0.6) is 11.5 Å². The molecule has 0 spiro atoms. The molecule has 0 aliphatic rings. The molecular formula is C23H25N3O9. The maximum atomic E-state index is 12.9. The highest BCUT2D eigenvalue weighted by molar-refractivity contribution is 6.06. The van der Waals surface area contributed by atoms with Crippen LogP contribution in [-0.2, 0) is 9.59 Å². The minimum Gasteiger partial charge on any atom is -0.491 e. The Kier molecular flexibility index (Phi) is 9.70. The van der Waals surface area contributed by atoms with Gasteiger partial charge in [-0.3, -0.25) is 24.5 Å². The van der Waals surface area contributed by atoms with Crippen LogP contribution >= 0.6 is 0 Å². The number of rotatable bonds is 14. The van der Waals surface area contributed by atoms with Gasteiger partial charge in [0.25, 0.3) is 5.91 Å². The molecule has 0 fully saturated rings. The van der Waals surface area contributed by atoms with E-state index in [4.69, 9.17) is 20.3 Å². The van der Waals surface area contributed by atoms with E-state index in [9.17, 15) is 29.3 Å². The van der Waals surface area contributed by atoms with E-state index in [1.165, 1.54) is 37.3 Å². The van der Waals surface area contributed by atoms with E-state index >= 15 is 0 Å². The Balaban J connectivity index is 2.22. The zero-order valence-electron chi connectivity index (χ0n) is 18.9. The van der Waals surface area contributed by atoms with Crippen molar-refractivity contribution in [3.63, 3.8) is 0 Å². The fraction of sp³-hybridized carbons (Fsp3) is 0.304. The number of benzene rings is 2. The lowest BCUT2D eigenvalue weighted by Crippen LogP contribution is -2.15. The lowest BCUT2D eigenvalue weighted by atomic mass is 10.1. The molecule has 0 saturated carbocycles. The van der Waals surface area contributed by atoms with Gasteiger partial charge in [0, 0.05) is 36.1 Å². The van der Waals surface area contributed by atoms with E-state index in [2.05, 4.69) is 5.32 Å². The first-order valence-electron chi connectivity index (χ1n) is 10.6. The van der Waals surface area contributed by atoms with Crippen LogP contribution in [0.4, 0.5) is 11.4 Å². The lowest BCUT2D eigenvalue weighted by Gasteiger charge is -2.14. The molecular weight excluding hydrogens is 462 g/mol.